The molecule has 0 bridgehead atoms. The van der Waals surface area contributed by atoms with Gasteiger partial charge in [-0.2, -0.15) is 28.4 Å². The van der Waals surface area contributed by atoms with Crippen LogP contribution in [0, 0.1) is 0 Å². The Balaban J connectivity index is 2.42. The van der Waals surface area contributed by atoms with Crippen LogP contribution in [0.5, 0.6) is 0 Å². The van der Waals surface area contributed by atoms with Crippen molar-refractivity contribution in [3.05, 3.63) is 16.9 Å². The van der Waals surface area contributed by atoms with Crippen LogP contribution >= 0.6 is 11.6 Å². The minimum atomic E-state index is -5.05. The van der Waals surface area contributed by atoms with E-state index in [1.54, 1.807) is 0 Å². The van der Waals surface area contributed by atoms with Crippen LogP contribution in [0.2, 0.25) is 5.02 Å². The first-order valence-electron chi connectivity index (χ1n) is 5.03. The van der Waals surface area contributed by atoms with Gasteiger partial charge in [0.1, 0.15) is 5.69 Å². The van der Waals surface area contributed by atoms with Crippen LogP contribution in [-0.2, 0) is 0 Å². The van der Waals surface area contributed by atoms with Gasteiger partial charge in [0, 0.05) is 12.1 Å². The minimum absolute atomic E-state index is 0.0242. The maximum Gasteiger partial charge on any atom is 0.438 e. The summed E-state index contributed by atoms with van der Waals surface area (Å²) in [7, 11) is 0. The first-order chi connectivity index (χ1) is 8.67. The quantitative estimate of drug-likeness (QED) is 0.824. The summed E-state index contributed by atoms with van der Waals surface area (Å²) in [6.07, 6.45) is -4.79. The van der Waals surface area contributed by atoms with Gasteiger partial charge >= 0.3 is 6.18 Å². The van der Waals surface area contributed by atoms with Crippen LogP contribution in [0.3, 0.4) is 0 Å². The summed E-state index contributed by atoms with van der Waals surface area (Å²) in [6, 6.07) is 0. The highest BCUT2D eigenvalue weighted by Crippen LogP contribution is 2.41. The molecule has 1 aliphatic rings. The Morgan fingerprint density at radius 2 is 2.26 bits per heavy atom. The molecule has 0 aliphatic carbocycles. The minimum Gasteiger partial charge on any atom is -0.362 e. The molecule has 0 fully saturated rings. The second-order valence-electron chi connectivity index (χ2n) is 4.04. The first kappa shape index (κ1) is 13.8. The number of nitrogens with one attached hydrogen (secondary N) is 1. The van der Waals surface area contributed by atoms with Crippen LogP contribution in [0.1, 0.15) is 23.8 Å². The van der Waals surface area contributed by atoms with Crippen LogP contribution < -0.4 is 0 Å². The molecule has 1 aromatic heterocycles. The van der Waals surface area contributed by atoms with Gasteiger partial charge in [-0.3, -0.25) is 9.89 Å². The lowest BCUT2D eigenvalue weighted by atomic mass is 10.1. The summed E-state index contributed by atoms with van der Waals surface area (Å²) in [5.41, 5.74) is -3.77. The van der Waals surface area contributed by atoms with Gasteiger partial charge in [-0.15, -0.1) is 0 Å². The molecule has 2 rings (SSSR count). The molecule has 0 radical (unpaired) electrons. The number of carbonyl (C=O) groups is 1. The zero-order valence-corrected chi connectivity index (χ0v) is 10.2. The van der Waals surface area contributed by atoms with E-state index in [-0.39, 0.29) is 21.4 Å². The number of carbonyl (C=O) groups excluding carboxylic acids is 1. The Morgan fingerprint density at radius 3 is 2.74 bits per heavy atom. The topological polar surface area (TPSA) is 81.6 Å². The van der Waals surface area contributed by atoms with Crippen molar-refractivity contribution >= 4 is 23.2 Å². The summed E-state index contributed by atoms with van der Waals surface area (Å²) in [5, 5.41) is 18.5. The molecule has 6 nitrogen and oxygen atoms in total. The summed E-state index contributed by atoms with van der Waals surface area (Å²) in [5.74, 6) is -1.21. The van der Waals surface area contributed by atoms with E-state index in [1.165, 1.54) is 6.92 Å². The average Bonchev–Trinajstić information content (AvgIpc) is 2.81. The molecular weight excluding hydrogens is 289 g/mol. The van der Waals surface area contributed by atoms with Crippen LogP contribution in [0.15, 0.2) is 11.3 Å². The lowest BCUT2D eigenvalue weighted by molar-refractivity contribution is -0.297. The molecule has 1 amide bonds. The maximum absolute atomic E-state index is 12.9. The van der Waals surface area contributed by atoms with Crippen LogP contribution in [0.4, 0.5) is 13.2 Å². The molecule has 104 valence electrons. The number of aromatic nitrogens is 2. The number of hydrazone groups is 1. The molecule has 2 N–H and O–H groups in total. The third-order valence-electron chi connectivity index (χ3n) is 2.58. The Morgan fingerprint density at radius 1 is 1.63 bits per heavy atom. The Hall–Kier alpha value is -1.61. The van der Waals surface area contributed by atoms with Crippen molar-refractivity contribution in [2.75, 3.05) is 0 Å². The zero-order valence-electron chi connectivity index (χ0n) is 9.49. The fourth-order valence-corrected chi connectivity index (χ4v) is 1.85. The Kier molecular flexibility index (Phi) is 3.06. The third kappa shape index (κ3) is 2.08. The molecule has 0 spiro atoms. The highest BCUT2D eigenvalue weighted by molar-refractivity contribution is 6.33. The molecule has 0 saturated heterocycles. The van der Waals surface area contributed by atoms with Crippen molar-refractivity contribution in [1.29, 1.82) is 0 Å². The summed E-state index contributed by atoms with van der Waals surface area (Å²) >= 11 is 5.60. The number of rotatable bonds is 1. The van der Waals surface area contributed by atoms with E-state index in [9.17, 15) is 23.1 Å². The van der Waals surface area contributed by atoms with Gasteiger partial charge in [0.2, 0.25) is 0 Å². The lowest BCUT2D eigenvalue weighted by Crippen LogP contribution is -2.56. The SMILES string of the molecule is CC1=NN(C(=O)c2[nH]ncc2Cl)[C@@](O)(C(F)(F)F)C1. The fraction of sp³-hybridized carbons (Fsp3) is 0.444. The van der Waals surface area contributed by atoms with Crippen molar-refractivity contribution < 1.29 is 23.1 Å². The predicted molar refractivity (Wildman–Crippen MR) is 58.5 cm³/mol. The van der Waals surface area contributed by atoms with E-state index in [4.69, 9.17) is 11.6 Å². The summed E-state index contributed by atoms with van der Waals surface area (Å²) < 4.78 is 38.7. The van der Waals surface area contributed by atoms with E-state index in [0.29, 0.717) is 0 Å². The lowest BCUT2D eigenvalue weighted by Gasteiger charge is -2.32. The number of aliphatic hydroxyl groups is 1. The number of halogens is 4. The second-order valence-corrected chi connectivity index (χ2v) is 4.44. The molecule has 0 unspecified atom stereocenters. The van der Waals surface area contributed by atoms with E-state index in [1.807, 2.05) is 0 Å². The predicted octanol–water partition coefficient (Wildman–Crippen LogP) is 1.54. The Labute approximate surface area is 109 Å². The Bertz CT molecular complexity index is 556. The third-order valence-corrected chi connectivity index (χ3v) is 2.86. The van der Waals surface area contributed by atoms with Crippen molar-refractivity contribution in [3.8, 4) is 0 Å². The standard InChI is InChI=1S/C9H8ClF3N4O2/c1-4-2-8(19,9(11,12)13)17(16-4)7(18)6-5(10)3-14-15-6/h3,19H,2H2,1H3,(H,14,15)/t8-/m0/s1. The normalized spacial score (nSPS) is 23.7. The van der Waals surface area contributed by atoms with Crippen molar-refractivity contribution in [2.45, 2.75) is 25.2 Å². The smallest absolute Gasteiger partial charge is 0.362 e. The summed E-state index contributed by atoms with van der Waals surface area (Å²) in [4.78, 5) is 11.9. The van der Waals surface area contributed by atoms with Gasteiger partial charge in [0.15, 0.2) is 0 Å². The van der Waals surface area contributed by atoms with E-state index in [0.717, 1.165) is 6.20 Å². The number of hydrogen-bond acceptors (Lipinski definition) is 4. The van der Waals surface area contributed by atoms with Gasteiger partial charge in [-0.05, 0) is 6.92 Å². The molecule has 10 heteroatoms. The number of hydrogen-bond donors (Lipinski definition) is 2. The molecule has 19 heavy (non-hydrogen) atoms. The van der Waals surface area contributed by atoms with E-state index < -0.39 is 24.2 Å². The van der Waals surface area contributed by atoms with Crippen molar-refractivity contribution in [3.63, 3.8) is 0 Å². The van der Waals surface area contributed by atoms with Crippen molar-refractivity contribution in [2.24, 2.45) is 5.10 Å². The molecule has 1 aliphatic heterocycles. The van der Waals surface area contributed by atoms with Gasteiger partial charge in [-0.1, -0.05) is 11.6 Å². The molecule has 1 aromatic rings. The number of nitrogens with zero attached hydrogens (tertiary/aromatic N) is 3. The molecule has 0 aromatic carbocycles. The van der Waals surface area contributed by atoms with Gasteiger partial charge in [0.25, 0.3) is 11.6 Å². The zero-order chi connectivity index (χ0) is 14.4. The number of amides is 1. The highest BCUT2D eigenvalue weighted by Gasteiger charge is 2.63. The van der Waals surface area contributed by atoms with E-state index in [2.05, 4.69) is 15.3 Å². The molecular formula is C9H8ClF3N4O2. The first-order valence-corrected chi connectivity index (χ1v) is 5.41. The second kappa shape index (κ2) is 4.20. The average molecular weight is 297 g/mol. The molecule has 1 atom stereocenters. The van der Waals surface area contributed by atoms with Gasteiger partial charge < -0.3 is 5.11 Å². The maximum atomic E-state index is 12.9. The molecule has 2 heterocycles. The van der Waals surface area contributed by atoms with Crippen LogP contribution in [-0.4, -0.2) is 43.8 Å². The monoisotopic (exact) mass is 296 g/mol. The highest BCUT2D eigenvalue weighted by atomic mass is 35.5. The number of alkyl halides is 3. The molecule has 0 saturated carbocycles. The van der Waals surface area contributed by atoms with Gasteiger partial charge in [-0.25, -0.2) is 0 Å². The van der Waals surface area contributed by atoms with Crippen LogP contribution in [0.25, 0.3) is 0 Å². The van der Waals surface area contributed by atoms with Crippen molar-refractivity contribution in [1.82, 2.24) is 15.2 Å². The number of H-pyrrole nitrogens is 1. The summed E-state index contributed by atoms with van der Waals surface area (Å²) in [6.45, 7) is 1.28. The number of aromatic amines is 1. The fourth-order valence-electron chi connectivity index (χ4n) is 1.68. The van der Waals surface area contributed by atoms with Gasteiger partial charge in [0.05, 0.1) is 11.2 Å². The van der Waals surface area contributed by atoms with E-state index >= 15 is 0 Å². The largest absolute Gasteiger partial charge is 0.438 e.